The smallest absolute Gasteiger partial charge is 0.228 e. The van der Waals surface area contributed by atoms with Crippen molar-refractivity contribution in [3.63, 3.8) is 0 Å². The molecule has 0 radical (unpaired) electrons. The van der Waals surface area contributed by atoms with Crippen molar-refractivity contribution in [2.45, 2.75) is 13.3 Å². The third kappa shape index (κ3) is 3.55. The van der Waals surface area contributed by atoms with Gasteiger partial charge in [0.05, 0.1) is 17.8 Å². The molecule has 0 saturated carbocycles. The SMILES string of the molecule is Cc1ccc(CC(=O)Nc2cc(F)ccc2N)cc1. The zero-order valence-corrected chi connectivity index (χ0v) is 10.6. The van der Waals surface area contributed by atoms with Gasteiger partial charge in [-0.25, -0.2) is 4.39 Å². The summed E-state index contributed by atoms with van der Waals surface area (Å²) in [5.74, 6) is -0.652. The number of halogens is 1. The first-order valence-electron chi connectivity index (χ1n) is 5.95. The average Bonchev–Trinajstić information content (AvgIpc) is 2.37. The number of nitrogens with one attached hydrogen (secondary N) is 1. The molecular weight excluding hydrogens is 243 g/mol. The van der Waals surface area contributed by atoms with Crippen molar-refractivity contribution < 1.29 is 9.18 Å². The van der Waals surface area contributed by atoms with E-state index in [9.17, 15) is 9.18 Å². The van der Waals surface area contributed by atoms with Crippen LogP contribution in [0.5, 0.6) is 0 Å². The second-order valence-electron chi connectivity index (χ2n) is 4.44. The molecule has 0 heterocycles. The second kappa shape index (κ2) is 5.52. The number of benzene rings is 2. The summed E-state index contributed by atoms with van der Waals surface area (Å²) in [6.45, 7) is 1.98. The number of nitrogen functional groups attached to an aromatic ring is 1. The number of rotatable bonds is 3. The summed E-state index contributed by atoms with van der Waals surface area (Å²) in [5, 5.41) is 2.61. The first-order chi connectivity index (χ1) is 9.04. The van der Waals surface area contributed by atoms with Gasteiger partial charge in [-0.1, -0.05) is 29.8 Å². The molecule has 2 aromatic carbocycles. The van der Waals surface area contributed by atoms with E-state index in [1.807, 2.05) is 31.2 Å². The Bertz CT molecular complexity index is 594. The first kappa shape index (κ1) is 13.1. The van der Waals surface area contributed by atoms with Gasteiger partial charge in [-0.05, 0) is 30.7 Å². The molecular formula is C15H15FN2O. The Hall–Kier alpha value is -2.36. The Labute approximate surface area is 111 Å². The minimum atomic E-state index is -0.431. The average molecular weight is 258 g/mol. The van der Waals surface area contributed by atoms with Gasteiger partial charge < -0.3 is 11.1 Å². The van der Waals surface area contributed by atoms with Gasteiger partial charge in [0.1, 0.15) is 5.82 Å². The third-order valence-electron chi connectivity index (χ3n) is 2.77. The van der Waals surface area contributed by atoms with Crippen molar-refractivity contribution in [2.75, 3.05) is 11.1 Å². The molecule has 0 bridgehead atoms. The fourth-order valence-electron chi connectivity index (χ4n) is 1.72. The van der Waals surface area contributed by atoms with Gasteiger partial charge in [0, 0.05) is 0 Å². The molecule has 0 unspecified atom stereocenters. The molecule has 0 aromatic heterocycles. The number of carbonyl (C=O) groups is 1. The van der Waals surface area contributed by atoms with Gasteiger partial charge in [-0.15, -0.1) is 0 Å². The molecule has 0 fully saturated rings. The van der Waals surface area contributed by atoms with E-state index in [0.717, 1.165) is 11.1 Å². The van der Waals surface area contributed by atoms with Crippen molar-refractivity contribution in [1.82, 2.24) is 0 Å². The summed E-state index contributed by atoms with van der Waals surface area (Å²) in [4.78, 5) is 11.8. The number of carbonyl (C=O) groups excluding carboxylic acids is 1. The molecule has 0 aliphatic carbocycles. The van der Waals surface area contributed by atoms with Gasteiger partial charge in [0.2, 0.25) is 5.91 Å². The largest absolute Gasteiger partial charge is 0.397 e. The molecule has 0 aliphatic rings. The molecule has 2 rings (SSSR count). The van der Waals surface area contributed by atoms with Crippen molar-refractivity contribution >= 4 is 17.3 Å². The van der Waals surface area contributed by atoms with Crippen LogP contribution < -0.4 is 11.1 Å². The van der Waals surface area contributed by atoms with Crippen LogP contribution in [0.3, 0.4) is 0 Å². The molecule has 19 heavy (non-hydrogen) atoms. The monoisotopic (exact) mass is 258 g/mol. The Morgan fingerprint density at radius 2 is 1.89 bits per heavy atom. The standard InChI is InChI=1S/C15H15FN2O/c1-10-2-4-11(5-3-10)8-15(19)18-14-9-12(16)6-7-13(14)17/h2-7,9H,8,17H2,1H3,(H,18,19). The number of nitrogens with two attached hydrogens (primary N) is 1. The fourth-order valence-corrected chi connectivity index (χ4v) is 1.72. The molecule has 0 aliphatic heterocycles. The van der Waals surface area contributed by atoms with E-state index in [1.54, 1.807) is 0 Å². The lowest BCUT2D eigenvalue weighted by Crippen LogP contribution is -2.15. The summed E-state index contributed by atoms with van der Waals surface area (Å²) < 4.78 is 13.1. The van der Waals surface area contributed by atoms with Crippen LogP contribution in [-0.2, 0) is 11.2 Å². The quantitative estimate of drug-likeness (QED) is 0.832. The van der Waals surface area contributed by atoms with Crippen LogP contribution in [0.1, 0.15) is 11.1 Å². The van der Waals surface area contributed by atoms with Crippen LogP contribution in [0.2, 0.25) is 0 Å². The second-order valence-corrected chi connectivity index (χ2v) is 4.44. The molecule has 2 aromatic rings. The first-order valence-corrected chi connectivity index (χ1v) is 5.95. The summed E-state index contributed by atoms with van der Waals surface area (Å²) in [5.41, 5.74) is 8.36. The van der Waals surface area contributed by atoms with Crippen molar-refractivity contribution in [3.05, 3.63) is 59.4 Å². The predicted molar refractivity (Wildman–Crippen MR) is 74.3 cm³/mol. The normalized spacial score (nSPS) is 10.2. The van der Waals surface area contributed by atoms with E-state index in [0.29, 0.717) is 11.4 Å². The zero-order valence-electron chi connectivity index (χ0n) is 10.6. The third-order valence-corrected chi connectivity index (χ3v) is 2.77. The van der Waals surface area contributed by atoms with E-state index in [4.69, 9.17) is 5.73 Å². The van der Waals surface area contributed by atoms with Crippen molar-refractivity contribution in [3.8, 4) is 0 Å². The minimum Gasteiger partial charge on any atom is -0.397 e. The maximum absolute atomic E-state index is 13.1. The number of hydrogen-bond acceptors (Lipinski definition) is 2. The molecule has 0 spiro atoms. The number of aryl methyl sites for hydroxylation is 1. The van der Waals surface area contributed by atoms with Crippen LogP contribution in [0.4, 0.5) is 15.8 Å². The topological polar surface area (TPSA) is 55.1 Å². The maximum Gasteiger partial charge on any atom is 0.228 e. The van der Waals surface area contributed by atoms with Gasteiger partial charge >= 0.3 is 0 Å². The summed E-state index contributed by atoms with van der Waals surface area (Å²) >= 11 is 0. The molecule has 98 valence electrons. The van der Waals surface area contributed by atoms with E-state index in [2.05, 4.69) is 5.32 Å². The highest BCUT2D eigenvalue weighted by Crippen LogP contribution is 2.19. The molecule has 3 nitrogen and oxygen atoms in total. The number of hydrogen-bond donors (Lipinski definition) is 2. The van der Waals surface area contributed by atoms with Crippen LogP contribution in [0.25, 0.3) is 0 Å². The van der Waals surface area contributed by atoms with E-state index < -0.39 is 5.82 Å². The minimum absolute atomic E-state index is 0.221. The lowest BCUT2D eigenvalue weighted by Gasteiger charge is -2.08. The van der Waals surface area contributed by atoms with Crippen molar-refractivity contribution in [2.24, 2.45) is 0 Å². The van der Waals surface area contributed by atoms with Crippen LogP contribution in [0, 0.1) is 12.7 Å². The highest BCUT2D eigenvalue weighted by Gasteiger charge is 2.07. The Morgan fingerprint density at radius 3 is 2.58 bits per heavy atom. The molecule has 1 amide bonds. The summed E-state index contributed by atoms with van der Waals surface area (Å²) in [6, 6.07) is 11.6. The Morgan fingerprint density at radius 1 is 1.21 bits per heavy atom. The fraction of sp³-hybridized carbons (Fsp3) is 0.133. The Balaban J connectivity index is 2.05. The molecule has 0 saturated heterocycles. The zero-order chi connectivity index (χ0) is 13.8. The lowest BCUT2D eigenvalue weighted by atomic mass is 10.1. The maximum atomic E-state index is 13.1. The molecule has 4 heteroatoms. The Kier molecular flexibility index (Phi) is 3.80. The van der Waals surface area contributed by atoms with Crippen LogP contribution >= 0.6 is 0 Å². The molecule has 3 N–H and O–H groups in total. The van der Waals surface area contributed by atoms with E-state index >= 15 is 0 Å². The van der Waals surface area contributed by atoms with Gasteiger partial charge in [0.25, 0.3) is 0 Å². The van der Waals surface area contributed by atoms with Crippen molar-refractivity contribution in [1.29, 1.82) is 0 Å². The van der Waals surface area contributed by atoms with E-state index in [1.165, 1.54) is 18.2 Å². The number of anilines is 2. The highest BCUT2D eigenvalue weighted by atomic mass is 19.1. The lowest BCUT2D eigenvalue weighted by molar-refractivity contribution is -0.115. The van der Waals surface area contributed by atoms with Gasteiger partial charge in [-0.3, -0.25) is 4.79 Å². The summed E-state index contributed by atoms with van der Waals surface area (Å²) in [6.07, 6.45) is 0.232. The number of amides is 1. The van der Waals surface area contributed by atoms with E-state index in [-0.39, 0.29) is 12.3 Å². The molecule has 0 atom stereocenters. The van der Waals surface area contributed by atoms with Gasteiger partial charge in [-0.2, -0.15) is 0 Å². The highest BCUT2D eigenvalue weighted by molar-refractivity contribution is 5.95. The predicted octanol–water partition coefficient (Wildman–Crippen LogP) is 2.90. The van der Waals surface area contributed by atoms with Crippen LogP contribution in [0.15, 0.2) is 42.5 Å². The van der Waals surface area contributed by atoms with Crippen LogP contribution in [-0.4, -0.2) is 5.91 Å². The summed E-state index contributed by atoms with van der Waals surface area (Å²) in [7, 11) is 0. The van der Waals surface area contributed by atoms with Gasteiger partial charge in [0.15, 0.2) is 0 Å².